The first-order chi connectivity index (χ1) is 6.95. The molecule has 0 aliphatic heterocycles. The Morgan fingerprint density at radius 3 is 2.67 bits per heavy atom. The van der Waals surface area contributed by atoms with E-state index in [4.69, 9.17) is 0 Å². The highest BCUT2D eigenvalue weighted by Gasteiger charge is 2.34. The molecule has 1 atom stereocenters. The van der Waals surface area contributed by atoms with E-state index in [1.807, 2.05) is 13.8 Å². The number of alkyl halides is 3. The van der Waals surface area contributed by atoms with Crippen molar-refractivity contribution in [3.8, 4) is 0 Å². The van der Waals surface area contributed by atoms with E-state index in [0.717, 1.165) is 6.54 Å². The molecule has 1 aromatic heterocycles. The molecule has 0 aliphatic rings. The molecule has 0 aliphatic carbocycles. The summed E-state index contributed by atoms with van der Waals surface area (Å²) in [5, 5.41) is 3.79. The molecule has 0 amide bonds. The maximum absolute atomic E-state index is 12.2. The number of likely N-dealkylation sites (N-methyl/N-ethyl adjacent to an activating group) is 1. The summed E-state index contributed by atoms with van der Waals surface area (Å²) in [6.45, 7) is 5.27. The first kappa shape index (κ1) is 12.4. The third-order valence-electron chi connectivity index (χ3n) is 1.97. The van der Waals surface area contributed by atoms with Gasteiger partial charge in [0.1, 0.15) is 0 Å². The summed E-state index contributed by atoms with van der Waals surface area (Å²) >= 11 is 0.654. The van der Waals surface area contributed by atoms with Crippen molar-refractivity contribution in [2.45, 2.75) is 25.9 Å². The predicted molar refractivity (Wildman–Crippen MR) is 54.1 cm³/mol. The van der Waals surface area contributed by atoms with Gasteiger partial charge < -0.3 is 5.32 Å². The van der Waals surface area contributed by atoms with Crippen molar-refractivity contribution in [2.75, 3.05) is 13.1 Å². The Morgan fingerprint density at radius 1 is 1.53 bits per heavy atom. The Labute approximate surface area is 90.5 Å². The SMILES string of the molecule is CCNCC(C)c1csc(C(F)(F)F)n1. The van der Waals surface area contributed by atoms with Crippen LogP contribution >= 0.6 is 11.3 Å². The molecule has 1 N–H and O–H groups in total. The van der Waals surface area contributed by atoms with Crippen LogP contribution in [0.1, 0.15) is 30.5 Å². The van der Waals surface area contributed by atoms with Gasteiger partial charge in [0.2, 0.25) is 0 Å². The number of nitrogens with one attached hydrogen (secondary N) is 1. The van der Waals surface area contributed by atoms with Crippen molar-refractivity contribution in [1.82, 2.24) is 10.3 Å². The van der Waals surface area contributed by atoms with E-state index >= 15 is 0 Å². The van der Waals surface area contributed by atoms with E-state index in [1.54, 1.807) is 0 Å². The summed E-state index contributed by atoms with van der Waals surface area (Å²) in [6.07, 6.45) is -4.32. The van der Waals surface area contributed by atoms with Gasteiger partial charge in [0.05, 0.1) is 5.69 Å². The summed E-state index contributed by atoms with van der Waals surface area (Å²) in [5.74, 6) is 0.0114. The van der Waals surface area contributed by atoms with Crippen LogP contribution in [0.25, 0.3) is 0 Å². The Kier molecular flexibility index (Phi) is 4.10. The molecular formula is C9H13F3N2S. The third kappa shape index (κ3) is 3.46. The van der Waals surface area contributed by atoms with Gasteiger partial charge in [-0.25, -0.2) is 4.98 Å². The molecule has 1 heterocycles. The van der Waals surface area contributed by atoms with Crippen molar-refractivity contribution in [3.63, 3.8) is 0 Å². The minimum atomic E-state index is -4.32. The molecule has 2 nitrogen and oxygen atoms in total. The van der Waals surface area contributed by atoms with Crippen LogP contribution in [-0.2, 0) is 6.18 Å². The average molecular weight is 238 g/mol. The summed E-state index contributed by atoms with van der Waals surface area (Å²) in [6, 6.07) is 0. The molecule has 6 heteroatoms. The second-order valence-corrected chi connectivity index (χ2v) is 4.14. The van der Waals surface area contributed by atoms with E-state index in [2.05, 4.69) is 10.3 Å². The maximum atomic E-state index is 12.2. The van der Waals surface area contributed by atoms with Crippen LogP contribution in [0.4, 0.5) is 13.2 Å². The summed E-state index contributed by atoms with van der Waals surface area (Å²) in [7, 11) is 0. The van der Waals surface area contributed by atoms with Gasteiger partial charge in [-0.2, -0.15) is 13.2 Å². The minimum Gasteiger partial charge on any atom is -0.316 e. The molecule has 0 bridgehead atoms. The zero-order valence-corrected chi connectivity index (χ0v) is 9.37. The van der Waals surface area contributed by atoms with Gasteiger partial charge in [-0.1, -0.05) is 13.8 Å². The molecule has 15 heavy (non-hydrogen) atoms. The molecule has 0 radical (unpaired) electrons. The number of nitrogens with zero attached hydrogens (tertiary/aromatic N) is 1. The lowest BCUT2D eigenvalue weighted by atomic mass is 10.1. The molecule has 0 spiro atoms. The lowest BCUT2D eigenvalue weighted by Crippen LogP contribution is -2.19. The van der Waals surface area contributed by atoms with E-state index in [9.17, 15) is 13.2 Å². The van der Waals surface area contributed by atoms with Crippen LogP contribution in [0.5, 0.6) is 0 Å². The molecule has 0 fully saturated rings. The van der Waals surface area contributed by atoms with Gasteiger partial charge in [0, 0.05) is 17.8 Å². The maximum Gasteiger partial charge on any atom is 0.443 e. The monoisotopic (exact) mass is 238 g/mol. The molecule has 1 aromatic rings. The van der Waals surface area contributed by atoms with Crippen molar-refractivity contribution in [3.05, 3.63) is 16.1 Å². The molecule has 0 saturated carbocycles. The van der Waals surface area contributed by atoms with Crippen LogP contribution in [0, 0.1) is 0 Å². The van der Waals surface area contributed by atoms with Gasteiger partial charge in [-0.3, -0.25) is 0 Å². The first-order valence-corrected chi connectivity index (χ1v) is 5.56. The quantitative estimate of drug-likeness (QED) is 0.872. The fourth-order valence-corrected chi connectivity index (χ4v) is 1.92. The van der Waals surface area contributed by atoms with E-state index in [-0.39, 0.29) is 5.92 Å². The second kappa shape index (κ2) is 4.94. The standard InChI is InChI=1S/C9H13F3N2S/c1-3-13-4-6(2)7-5-15-8(14-7)9(10,11)12/h5-6,13H,3-4H2,1-2H3. The van der Waals surface area contributed by atoms with Crippen LogP contribution < -0.4 is 5.32 Å². The third-order valence-corrected chi connectivity index (χ3v) is 2.88. The van der Waals surface area contributed by atoms with E-state index in [1.165, 1.54) is 5.38 Å². The van der Waals surface area contributed by atoms with Gasteiger partial charge >= 0.3 is 6.18 Å². The highest BCUT2D eigenvalue weighted by Crippen LogP contribution is 2.32. The van der Waals surface area contributed by atoms with Gasteiger partial charge in [-0.15, -0.1) is 11.3 Å². The number of thiazole rings is 1. The Bertz CT molecular complexity index is 309. The summed E-state index contributed by atoms with van der Waals surface area (Å²) < 4.78 is 36.7. The fraction of sp³-hybridized carbons (Fsp3) is 0.667. The smallest absolute Gasteiger partial charge is 0.316 e. The fourth-order valence-electron chi connectivity index (χ4n) is 1.11. The van der Waals surface area contributed by atoms with Gasteiger partial charge in [0.25, 0.3) is 0 Å². The predicted octanol–water partition coefficient (Wildman–Crippen LogP) is 2.87. The number of aromatic nitrogens is 1. The number of halogens is 3. The van der Waals surface area contributed by atoms with Crippen molar-refractivity contribution in [1.29, 1.82) is 0 Å². The van der Waals surface area contributed by atoms with E-state index < -0.39 is 11.2 Å². The Balaban J connectivity index is 2.67. The largest absolute Gasteiger partial charge is 0.443 e. The Hall–Kier alpha value is -0.620. The summed E-state index contributed by atoms with van der Waals surface area (Å²) in [5.41, 5.74) is 0.508. The molecule has 0 aromatic carbocycles. The summed E-state index contributed by atoms with van der Waals surface area (Å²) in [4.78, 5) is 3.59. The van der Waals surface area contributed by atoms with Crippen molar-refractivity contribution >= 4 is 11.3 Å². The lowest BCUT2D eigenvalue weighted by molar-refractivity contribution is -0.137. The zero-order valence-electron chi connectivity index (χ0n) is 8.56. The minimum absolute atomic E-state index is 0.0114. The average Bonchev–Trinajstić information content (AvgIpc) is 2.62. The van der Waals surface area contributed by atoms with Gasteiger partial charge in [0.15, 0.2) is 5.01 Å². The van der Waals surface area contributed by atoms with Crippen LogP contribution in [0.15, 0.2) is 5.38 Å². The second-order valence-electron chi connectivity index (χ2n) is 3.28. The first-order valence-electron chi connectivity index (χ1n) is 4.68. The topological polar surface area (TPSA) is 24.9 Å². The van der Waals surface area contributed by atoms with Crippen LogP contribution in [0.2, 0.25) is 0 Å². The zero-order chi connectivity index (χ0) is 11.5. The van der Waals surface area contributed by atoms with Gasteiger partial charge in [-0.05, 0) is 6.54 Å². The normalized spacial score (nSPS) is 14.2. The lowest BCUT2D eigenvalue weighted by Gasteiger charge is -2.08. The van der Waals surface area contributed by atoms with Crippen molar-refractivity contribution < 1.29 is 13.2 Å². The van der Waals surface area contributed by atoms with Crippen LogP contribution in [0.3, 0.4) is 0 Å². The van der Waals surface area contributed by atoms with Crippen molar-refractivity contribution in [2.24, 2.45) is 0 Å². The van der Waals surface area contributed by atoms with Crippen LogP contribution in [-0.4, -0.2) is 18.1 Å². The number of rotatable bonds is 4. The highest BCUT2D eigenvalue weighted by molar-refractivity contribution is 7.09. The number of hydrogen-bond acceptors (Lipinski definition) is 3. The highest BCUT2D eigenvalue weighted by atomic mass is 32.1. The molecule has 86 valence electrons. The molecule has 1 unspecified atom stereocenters. The molecule has 1 rings (SSSR count). The Morgan fingerprint density at radius 2 is 2.20 bits per heavy atom. The molecule has 0 saturated heterocycles. The molecular weight excluding hydrogens is 225 g/mol. The van der Waals surface area contributed by atoms with E-state index in [0.29, 0.717) is 23.6 Å². The number of hydrogen-bond donors (Lipinski definition) is 1.